The Morgan fingerprint density at radius 2 is 1.67 bits per heavy atom. The molecule has 1 saturated carbocycles. The minimum atomic E-state index is 0.462. The summed E-state index contributed by atoms with van der Waals surface area (Å²) in [7, 11) is 4.16. The number of nitrogens with zero attached hydrogens (tertiary/aromatic N) is 1. The van der Waals surface area contributed by atoms with E-state index >= 15 is 0 Å². The van der Waals surface area contributed by atoms with Crippen LogP contribution in [0.3, 0.4) is 0 Å². The van der Waals surface area contributed by atoms with Gasteiger partial charge in [-0.25, -0.2) is 0 Å². The van der Waals surface area contributed by atoms with Crippen molar-refractivity contribution in [3.8, 4) is 0 Å². The highest BCUT2D eigenvalue weighted by molar-refractivity contribution is 5.46. The molecule has 0 saturated heterocycles. The number of rotatable bonds is 4. The predicted molar refractivity (Wildman–Crippen MR) is 79.2 cm³/mol. The molecule has 0 bridgehead atoms. The Morgan fingerprint density at radius 3 is 2.22 bits per heavy atom. The van der Waals surface area contributed by atoms with Crippen LogP contribution in [0.15, 0.2) is 24.3 Å². The fraction of sp³-hybridized carbons (Fsp3) is 0.625. The molecular formula is C16H26N2. The molecule has 1 atom stereocenters. The average Bonchev–Trinajstić information content (AvgIpc) is 2.40. The number of nitrogens with one attached hydrogen (secondary N) is 1. The Labute approximate surface area is 111 Å². The molecule has 1 fully saturated rings. The lowest BCUT2D eigenvalue weighted by molar-refractivity contribution is 0.347. The number of anilines is 1. The van der Waals surface area contributed by atoms with Crippen molar-refractivity contribution < 1.29 is 0 Å². The van der Waals surface area contributed by atoms with Crippen LogP contribution in [0.4, 0.5) is 5.69 Å². The molecule has 1 aromatic carbocycles. The van der Waals surface area contributed by atoms with Gasteiger partial charge in [0.15, 0.2) is 0 Å². The number of benzene rings is 1. The zero-order valence-electron chi connectivity index (χ0n) is 11.9. The summed E-state index contributed by atoms with van der Waals surface area (Å²) < 4.78 is 0. The van der Waals surface area contributed by atoms with Gasteiger partial charge in [-0.3, -0.25) is 0 Å². The van der Waals surface area contributed by atoms with E-state index in [-0.39, 0.29) is 0 Å². The fourth-order valence-electron chi connectivity index (χ4n) is 2.78. The molecule has 0 radical (unpaired) electrons. The molecule has 2 heteroatoms. The van der Waals surface area contributed by atoms with Crippen molar-refractivity contribution in [2.45, 2.75) is 51.1 Å². The molecule has 18 heavy (non-hydrogen) atoms. The molecule has 0 amide bonds. The Hall–Kier alpha value is -1.02. The van der Waals surface area contributed by atoms with Crippen molar-refractivity contribution in [2.75, 3.05) is 19.0 Å². The summed E-state index contributed by atoms with van der Waals surface area (Å²) in [6, 6.07) is 10.1. The van der Waals surface area contributed by atoms with Crippen molar-refractivity contribution in [3.05, 3.63) is 29.8 Å². The predicted octanol–water partition coefficient (Wildman–Crippen LogP) is 3.74. The Kier molecular flexibility index (Phi) is 4.65. The Bertz CT molecular complexity index is 350. The van der Waals surface area contributed by atoms with Crippen LogP contribution in [-0.4, -0.2) is 20.1 Å². The van der Waals surface area contributed by atoms with E-state index < -0.39 is 0 Å². The topological polar surface area (TPSA) is 15.3 Å². The molecule has 1 N–H and O–H groups in total. The smallest absolute Gasteiger partial charge is 0.0361 e. The van der Waals surface area contributed by atoms with Crippen LogP contribution >= 0.6 is 0 Å². The third kappa shape index (κ3) is 3.49. The highest BCUT2D eigenvalue weighted by atomic mass is 15.1. The monoisotopic (exact) mass is 246 g/mol. The molecule has 1 aliphatic rings. The summed E-state index contributed by atoms with van der Waals surface area (Å²) in [6.45, 7) is 2.28. The first-order chi connectivity index (χ1) is 8.66. The second-order valence-corrected chi connectivity index (χ2v) is 5.71. The molecule has 1 aliphatic carbocycles. The normalized spacial score (nSPS) is 18.6. The van der Waals surface area contributed by atoms with Crippen LogP contribution in [0.1, 0.15) is 50.6 Å². The van der Waals surface area contributed by atoms with E-state index in [2.05, 4.69) is 55.5 Å². The zero-order valence-corrected chi connectivity index (χ0v) is 11.9. The highest BCUT2D eigenvalue weighted by Crippen LogP contribution is 2.22. The Morgan fingerprint density at radius 1 is 1.06 bits per heavy atom. The van der Waals surface area contributed by atoms with Gasteiger partial charge in [0.1, 0.15) is 0 Å². The van der Waals surface area contributed by atoms with Gasteiger partial charge in [0.25, 0.3) is 0 Å². The highest BCUT2D eigenvalue weighted by Gasteiger charge is 2.16. The van der Waals surface area contributed by atoms with E-state index in [0.29, 0.717) is 6.04 Å². The van der Waals surface area contributed by atoms with E-state index in [1.165, 1.54) is 43.4 Å². The summed E-state index contributed by atoms with van der Waals surface area (Å²) >= 11 is 0. The minimum Gasteiger partial charge on any atom is -0.378 e. The van der Waals surface area contributed by atoms with Crippen molar-refractivity contribution >= 4 is 5.69 Å². The first-order valence-corrected chi connectivity index (χ1v) is 7.20. The lowest BCUT2D eigenvalue weighted by Crippen LogP contribution is -2.33. The molecule has 0 heterocycles. The standard InChI is InChI=1S/C16H26N2/c1-13(17-15-7-5-4-6-8-15)14-9-11-16(12-10-14)18(2)3/h9-13,15,17H,4-8H2,1-3H3. The summed E-state index contributed by atoms with van der Waals surface area (Å²) in [5.41, 5.74) is 2.66. The maximum Gasteiger partial charge on any atom is 0.0361 e. The second-order valence-electron chi connectivity index (χ2n) is 5.71. The molecule has 2 nitrogen and oxygen atoms in total. The van der Waals surface area contributed by atoms with E-state index in [9.17, 15) is 0 Å². The Balaban J connectivity index is 1.93. The van der Waals surface area contributed by atoms with E-state index in [0.717, 1.165) is 6.04 Å². The van der Waals surface area contributed by atoms with Gasteiger partial charge >= 0.3 is 0 Å². The molecule has 2 rings (SSSR count). The van der Waals surface area contributed by atoms with Crippen LogP contribution in [0, 0.1) is 0 Å². The van der Waals surface area contributed by atoms with E-state index in [1.54, 1.807) is 0 Å². The summed E-state index contributed by atoms with van der Waals surface area (Å²) in [5.74, 6) is 0. The first-order valence-electron chi connectivity index (χ1n) is 7.20. The van der Waals surface area contributed by atoms with E-state index in [4.69, 9.17) is 0 Å². The number of hydrogen-bond acceptors (Lipinski definition) is 2. The minimum absolute atomic E-state index is 0.462. The molecule has 0 aliphatic heterocycles. The summed E-state index contributed by atoms with van der Waals surface area (Å²) in [6.07, 6.45) is 6.90. The average molecular weight is 246 g/mol. The van der Waals surface area contributed by atoms with Gasteiger partial charge in [0.05, 0.1) is 0 Å². The quantitative estimate of drug-likeness (QED) is 0.870. The molecule has 100 valence electrons. The lowest BCUT2D eigenvalue weighted by Gasteiger charge is -2.27. The van der Waals surface area contributed by atoms with Gasteiger partial charge in [0.2, 0.25) is 0 Å². The SMILES string of the molecule is CC(NC1CCCCC1)c1ccc(N(C)C)cc1. The van der Waals surface area contributed by atoms with Crippen LogP contribution in [0.5, 0.6) is 0 Å². The maximum absolute atomic E-state index is 3.77. The summed E-state index contributed by atoms with van der Waals surface area (Å²) in [4.78, 5) is 2.14. The molecule has 0 spiro atoms. The van der Waals surface area contributed by atoms with Gasteiger partial charge in [0, 0.05) is 31.9 Å². The largest absolute Gasteiger partial charge is 0.378 e. The van der Waals surface area contributed by atoms with Gasteiger partial charge in [-0.15, -0.1) is 0 Å². The fourth-order valence-corrected chi connectivity index (χ4v) is 2.78. The van der Waals surface area contributed by atoms with Gasteiger partial charge in [-0.05, 0) is 37.5 Å². The maximum atomic E-state index is 3.77. The van der Waals surface area contributed by atoms with Gasteiger partial charge in [-0.2, -0.15) is 0 Å². The lowest BCUT2D eigenvalue weighted by atomic mass is 9.94. The molecule has 1 unspecified atom stereocenters. The molecule has 0 aromatic heterocycles. The van der Waals surface area contributed by atoms with E-state index in [1.807, 2.05) is 0 Å². The summed E-state index contributed by atoms with van der Waals surface area (Å²) in [5, 5.41) is 3.77. The second kappa shape index (κ2) is 6.24. The third-order valence-corrected chi connectivity index (χ3v) is 4.00. The van der Waals surface area contributed by atoms with Crippen LogP contribution in [0.2, 0.25) is 0 Å². The number of hydrogen-bond donors (Lipinski definition) is 1. The van der Waals surface area contributed by atoms with Crippen molar-refractivity contribution in [3.63, 3.8) is 0 Å². The van der Waals surface area contributed by atoms with Crippen LogP contribution < -0.4 is 10.2 Å². The van der Waals surface area contributed by atoms with Crippen LogP contribution in [-0.2, 0) is 0 Å². The van der Waals surface area contributed by atoms with Crippen molar-refractivity contribution in [2.24, 2.45) is 0 Å². The van der Waals surface area contributed by atoms with Gasteiger partial charge in [-0.1, -0.05) is 31.4 Å². The third-order valence-electron chi connectivity index (χ3n) is 4.00. The first kappa shape index (κ1) is 13.4. The van der Waals surface area contributed by atoms with Gasteiger partial charge < -0.3 is 10.2 Å². The molecular weight excluding hydrogens is 220 g/mol. The van der Waals surface area contributed by atoms with Crippen molar-refractivity contribution in [1.82, 2.24) is 5.32 Å². The molecule has 1 aromatic rings. The van der Waals surface area contributed by atoms with Crippen molar-refractivity contribution in [1.29, 1.82) is 0 Å². The zero-order chi connectivity index (χ0) is 13.0. The van der Waals surface area contributed by atoms with Crippen LogP contribution in [0.25, 0.3) is 0 Å².